The highest BCUT2D eigenvalue weighted by molar-refractivity contribution is 7.90. The molecule has 0 spiro atoms. The van der Waals surface area contributed by atoms with Crippen molar-refractivity contribution in [2.45, 2.75) is 24.4 Å². The van der Waals surface area contributed by atoms with Crippen molar-refractivity contribution in [1.29, 1.82) is 0 Å². The number of benzene rings is 1. The molecule has 17 heavy (non-hydrogen) atoms. The van der Waals surface area contributed by atoms with Crippen molar-refractivity contribution in [3.8, 4) is 0 Å². The van der Waals surface area contributed by atoms with Crippen LogP contribution in [0.3, 0.4) is 0 Å². The maximum absolute atomic E-state index is 11.6. The van der Waals surface area contributed by atoms with Gasteiger partial charge in [0.05, 0.1) is 11.5 Å². The van der Waals surface area contributed by atoms with Crippen LogP contribution in [0.15, 0.2) is 23.1 Å². The zero-order chi connectivity index (χ0) is 13.1. The maximum atomic E-state index is 11.6. The lowest BCUT2D eigenvalue weighted by molar-refractivity contribution is 0.251. The number of sulfone groups is 1. The van der Waals surface area contributed by atoms with Gasteiger partial charge < -0.3 is 10.4 Å². The Morgan fingerprint density at radius 1 is 1.47 bits per heavy atom. The van der Waals surface area contributed by atoms with Gasteiger partial charge in [-0.25, -0.2) is 8.42 Å². The Bertz CT molecular complexity index is 487. The minimum atomic E-state index is -3.30. The number of aliphatic hydroxyl groups excluding tert-OH is 1. The summed E-state index contributed by atoms with van der Waals surface area (Å²) in [5, 5.41) is 12.3. The lowest BCUT2D eigenvalue weighted by Crippen LogP contribution is -2.29. The second-order valence-electron chi connectivity index (χ2n) is 3.95. The molecule has 96 valence electrons. The number of aliphatic hydroxyl groups is 1. The molecule has 1 aromatic rings. The summed E-state index contributed by atoms with van der Waals surface area (Å²) in [6.07, 6.45) is 1.15. The molecule has 1 atom stereocenters. The van der Waals surface area contributed by atoms with Crippen LogP contribution in [0.5, 0.6) is 0 Å². The molecule has 0 aliphatic rings. The summed E-state index contributed by atoms with van der Waals surface area (Å²) in [5.41, 5.74) is 0.539. The van der Waals surface area contributed by atoms with Crippen molar-refractivity contribution >= 4 is 21.4 Å². The third kappa shape index (κ3) is 3.96. The smallest absolute Gasteiger partial charge is 0.175 e. The molecule has 0 aliphatic carbocycles. The van der Waals surface area contributed by atoms with Gasteiger partial charge in [0.15, 0.2) is 9.84 Å². The third-order valence-corrected chi connectivity index (χ3v) is 3.91. The van der Waals surface area contributed by atoms with E-state index in [0.29, 0.717) is 17.1 Å². The molecule has 1 unspecified atom stereocenters. The highest BCUT2D eigenvalue weighted by atomic mass is 35.5. The van der Waals surface area contributed by atoms with E-state index in [9.17, 15) is 8.42 Å². The molecule has 0 aromatic heterocycles. The molecule has 0 aliphatic heterocycles. The number of rotatable bonds is 5. The van der Waals surface area contributed by atoms with Gasteiger partial charge in [-0.1, -0.05) is 17.7 Å². The third-order valence-electron chi connectivity index (χ3n) is 2.38. The molecule has 0 bridgehead atoms. The van der Waals surface area contributed by atoms with E-state index in [4.69, 9.17) is 16.7 Å². The fraction of sp³-hybridized carbons (Fsp3) is 0.455. The lowest BCUT2D eigenvalue weighted by atomic mass is 10.2. The maximum Gasteiger partial charge on any atom is 0.175 e. The minimum Gasteiger partial charge on any atom is -0.395 e. The van der Waals surface area contributed by atoms with Crippen LogP contribution < -0.4 is 5.32 Å². The van der Waals surface area contributed by atoms with Crippen LogP contribution in [0.25, 0.3) is 0 Å². The van der Waals surface area contributed by atoms with Crippen LogP contribution in [-0.4, -0.2) is 32.4 Å². The van der Waals surface area contributed by atoms with Crippen molar-refractivity contribution in [3.63, 3.8) is 0 Å². The predicted octanol–water partition coefficient (Wildman–Crippen LogP) is 1.21. The van der Waals surface area contributed by atoms with Gasteiger partial charge in [-0.05, 0) is 19.1 Å². The summed E-state index contributed by atoms with van der Waals surface area (Å²) in [6.45, 7) is 2.10. The van der Waals surface area contributed by atoms with E-state index in [-0.39, 0.29) is 17.5 Å². The van der Waals surface area contributed by atoms with E-state index in [2.05, 4.69) is 5.32 Å². The number of hydrogen-bond acceptors (Lipinski definition) is 4. The van der Waals surface area contributed by atoms with Gasteiger partial charge in [0.1, 0.15) is 0 Å². The van der Waals surface area contributed by atoms with Crippen LogP contribution >= 0.6 is 11.6 Å². The van der Waals surface area contributed by atoms with Crippen LogP contribution in [-0.2, 0) is 16.4 Å². The van der Waals surface area contributed by atoms with Crippen LogP contribution in [0.1, 0.15) is 12.5 Å². The molecule has 6 heteroatoms. The van der Waals surface area contributed by atoms with Gasteiger partial charge in [0.2, 0.25) is 0 Å². The summed E-state index contributed by atoms with van der Waals surface area (Å²) >= 11 is 6.00. The zero-order valence-corrected chi connectivity index (χ0v) is 11.3. The lowest BCUT2D eigenvalue weighted by Gasteiger charge is -2.14. The second kappa shape index (κ2) is 5.82. The van der Waals surface area contributed by atoms with Crippen LogP contribution in [0.2, 0.25) is 5.02 Å². The highest BCUT2D eigenvalue weighted by Gasteiger charge is 2.15. The van der Waals surface area contributed by atoms with Gasteiger partial charge in [-0.15, -0.1) is 0 Å². The molecule has 0 fully saturated rings. The Kier molecular flexibility index (Phi) is 4.94. The molecular formula is C11H16ClNO3S. The standard InChI is InChI=1S/C11H16ClNO3S/c1-8(7-14)13-6-9-10(12)4-3-5-11(9)17(2,15)16/h3-5,8,13-14H,6-7H2,1-2H3. The van der Waals surface area contributed by atoms with Crippen molar-refractivity contribution in [1.82, 2.24) is 5.32 Å². The highest BCUT2D eigenvalue weighted by Crippen LogP contribution is 2.23. The number of nitrogens with one attached hydrogen (secondary N) is 1. The van der Waals surface area contributed by atoms with Crippen molar-refractivity contribution in [3.05, 3.63) is 28.8 Å². The molecule has 1 aromatic carbocycles. The van der Waals surface area contributed by atoms with Gasteiger partial charge in [0, 0.05) is 29.4 Å². The number of halogens is 1. The van der Waals surface area contributed by atoms with Crippen molar-refractivity contribution in [2.24, 2.45) is 0 Å². The quantitative estimate of drug-likeness (QED) is 0.849. The SMILES string of the molecule is CC(CO)NCc1c(Cl)cccc1S(C)(=O)=O. The van der Waals surface area contributed by atoms with E-state index in [1.165, 1.54) is 6.07 Å². The predicted molar refractivity (Wildman–Crippen MR) is 67.9 cm³/mol. The van der Waals surface area contributed by atoms with E-state index in [0.717, 1.165) is 6.26 Å². The summed E-state index contributed by atoms with van der Waals surface area (Å²) in [5.74, 6) is 0. The van der Waals surface area contributed by atoms with Gasteiger partial charge in [-0.2, -0.15) is 0 Å². The topological polar surface area (TPSA) is 66.4 Å². The first-order chi connectivity index (χ1) is 7.86. The Morgan fingerprint density at radius 3 is 2.65 bits per heavy atom. The van der Waals surface area contributed by atoms with E-state index in [1.807, 2.05) is 0 Å². The number of hydrogen-bond donors (Lipinski definition) is 2. The Labute approximate surface area is 107 Å². The van der Waals surface area contributed by atoms with E-state index < -0.39 is 9.84 Å². The monoisotopic (exact) mass is 277 g/mol. The van der Waals surface area contributed by atoms with Crippen molar-refractivity contribution < 1.29 is 13.5 Å². The zero-order valence-electron chi connectivity index (χ0n) is 9.77. The van der Waals surface area contributed by atoms with E-state index in [1.54, 1.807) is 19.1 Å². The summed E-state index contributed by atoms with van der Waals surface area (Å²) in [6, 6.07) is 4.68. The summed E-state index contributed by atoms with van der Waals surface area (Å²) in [4.78, 5) is 0.225. The average molecular weight is 278 g/mol. The average Bonchev–Trinajstić information content (AvgIpc) is 2.25. The van der Waals surface area contributed by atoms with Gasteiger partial charge in [0.25, 0.3) is 0 Å². The molecule has 0 heterocycles. The van der Waals surface area contributed by atoms with E-state index >= 15 is 0 Å². The largest absolute Gasteiger partial charge is 0.395 e. The normalized spacial score (nSPS) is 13.6. The second-order valence-corrected chi connectivity index (χ2v) is 6.34. The van der Waals surface area contributed by atoms with Gasteiger partial charge in [-0.3, -0.25) is 0 Å². The molecule has 0 amide bonds. The summed E-state index contributed by atoms with van der Waals surface area (Å²) in [7, 11) is -3.30. The Hall–Kier alpha value is -0.620. The molecule has 1 rings (SSSR count). The molecular weight excluding hydrogens is 262 g/mol. The van der Waals surface area contributed by atoms with Gasteiger partial charge >= 0.3 is 0 Å². The fourth-order valence-corrected chi connectivity index (χ4v) is 2.65. The Balaban J connectivity index is 3.05. The molecule has 0 radical (unpaired) electrons. The first-order valence-electron chi connectivity index (χ1n) is 5.18. The Morgan fingerprint density at radius 2 is 2.12 bits per heavy atom. The molecule has 4 nitrogen and oxygen atoms in total. The first-order valence-corrected chi connectivity index (χ1v) is 7.45. The molecule has 0 saturated heterocycles. The minimum absolute atomic E-state index is 0.0152. The fourth-order valence-electron chi connectivity index (χ4n) is 1.40. The van der Waals surface area contributed by atoms with Crippen molar-refractivity contribution in [2.75, 3.05) is 12.9 Å². The molecule has 0 saturated carbocycles. The molecule has 2 N–H and O–H groups in total. The van der Waals surface area contributed by atoms with Crippen LogP contribution in [0.4, 0.5) is 0 Å². The summed E-state index contributed by atoms with van der Waals surface area (Å²) < 4.78 is 23.2. The first kappa shape index (κ1) is 14.4. The van der Waals surface area contributed by atoms with Crippen LogP contribution in [0, 0.1) is 0 Å².